The van der Waals surface area contributed by atoms with E-state index in [9.17, 15) is 14.7 Å². The zero-order chi connectivity index (χ0) is 13.5. The Morgan fingerprint density at radius 3 is 2.11 bits per heavy atom. The van der Waals surface area contributed by atoms with Crippen molar-refractivity contribution in [2.75, 3.05) is 13.1 Å². The van der Waals surface area contributed by atoms with Gasteiger partial charge in [-0.2, -0.15) is 0 Å². The first-order chi connectivity index (χ1) is 9.06. The quantitative estimate of drug-likeness (QED) is 0.685. The van der Waals surface area contributed by atoms with Gasteiger partial charge in [0, 0.05) is 13.1 Å². The molecule has 3 fully saturated rings. The second kappa shape index (κ2) is 4.39. The molecule has 0 bridgehead atoms. The fraction of sp³-hybridized carbons (Fsp3) is 0.857. The lowest BCUT2D eigenvalue weighted by molar-refractivity contribution is -0.153. The maximum absolute atomic E-state index is 11.8. The number of amides is 2. The summed E-state index contributed by atoms with van der Waals surface area (Å²) in [6, 6.07) is -0.209. The standard InChI is InChI=1S/C14H22N2O3/c17-11(18)14(4-1-5-14)9-16-12(19)15-8-13(6-7-13)10-2-3-10/h10H,1-9H2,(H,17,18)(H2,15,16,19). The van der Waals surface area contributed by atoms with E-state index in [2.05, 4.69) is 10.6 Å². The molecule has 0 spiro atoms. The van der Waals surface area contributed by atoms with Crippen molar-refractivity contribution in [2.45, 2.75) is 44.9 Å². The third kappa shape index (κ3) is 2.42. The van der Waals surface area contributed by atoms with Crippen molar-refractivity contribution in [3.63, 3.8) is 0 Å². The van der Waals surface area contributed by atoms with Crippen LogP contribution in [0.3, 0.4) is 0 Å². The van der Waals surface area contributed by atoms with Gasteiger partial charge in [0.2, 0.25) is 0 Å². The van der Waals surface area contributed by atoms with Gasteiger partial charge in [0.15, 0.2) is 0 Å². The number of nitrogens with one attached hydrogen (secondary N) is 2. The molecule has 0 aromatic rings. The highest BCUT2D eigenvalue weighted by atomic mass is 16.4. The van der Waals surface area contributed by atoms with Crippen LogP contribution in [0.1, 0.15) is 44.9 Å². The van der Waals surface area contributed by atoms with Gasteiger partial charge < -0.3 is 15.7 Å². The van der Waals surface area contributed by atoms with Crippen LogP contribution in [0, 0.1) is 16.7 Å². The maximum Gasteiger partial charge on any atom is 0.314 e. The molecule has 3 saturated carbocycles. The Bertz CT molecular complexity index is 395. The Balaban J connectivity index is 1.40. The topological polar surface area (TPSA) is 78.4 Å². The molecule has 3 N–H and O–H groups in total. The highest BCUT2D eigenvalue weighted by Gasteiger charge is 2.53. The van der Waals surface area contributed by atoms with Crippen LogP contribution >= 0.6 is 0 Å². The van der Waals surface area contributed by atoms with Crippen molar-refractivity contribution in [1.29, 1.82) is 0 Å². The Hall–Kier alpha value is -1.26. The highest BCUT2D eigenvalue weighted by molar-refractivity contribution is 5.78. The minimum absolute atomic E-state index is 0.209. The van der Waals surface area contributed by atoms with Crippen molar-refractivity contribution in [1.82, 2.24) is 10.6 Å². The number of aliphatic carboxylic acids is 1. The first-order valence-corrected chi connectivity index (χ1v) is 7.32. The van der Waals surface area contributed by atoms with Crippen LogP contribution in [-0.4, -0.2) is 30.2 Å². The first-order valence-electron chi connectivity index (χ1n) is 7.32. The SMILES string of the molecule is O=C(NCC1(C(=O)O)CCC1)NCC1(C2CC2)CC1. The van der Waals surface area contributed by atoms with Crippen LogP contribution in [0.5, 0.6) is 0 Å². The van der Waals surface area contributed by atoms with Gasteiger partial charge in [0.05, 0.1) is 5.41 Å². The molecule has 0 aromatic heterocycles. The first kappa shape index (κ1) is 12.8. The van der Waals surface area contributed by atoms with E-state index in [1.807, 2.05) is 0 Å². The lowest BCUT2D eigenvalue weighted by Crippen LogP contribution is -2.50. The van der Waals surface area contributed by atoms with Gasteiger partial charge in [-0.1, -0.05) is 6.42 Å². The third-order valence-corrected chi connectivity index (χ3v) is 5.29. The highest BCUT2D eigenvalue weighted by Crippen LogP contribution is 2.60. The lowest BCUT2D eigenvalue weighted by atomic mass is 9.69. The smallest absolute Gasteiger partial charge is 0.314 e. The fourth-order valence-corrected chi connectivity index (χ4v) is 3.22. The van der Waals surface area contributed by atoms with Crippen molar-refractivity contribution >= 4 is 12.0 Å². The van der Waals surface area contributed by atoms with Gasteiger partial charge in [0.25, 0.3) is 0 Å². The van der Waals surface area contributed by atoms with Crippen molar-refractivity contribution in [2.24, 2.45) is 16.7 Å². The monoisotopic (exact) mass is 266 g/mol. The third-order valence-electron chi connectivity index (χ3n) is 5.29. The van der Waals surface area contributed by atoms with E-state index in [0.29, 0.717) is 18.3 Å². The van der Waals surface area contributed by atoms with Crippen LogP contribution in [0.15, 0.2) is 0 Å². The summed E-state index contributed by atoms with van der Waals surface area (Å²) in [6.07, 6.45) is 7.38. The summed E-state index contributed by atoms with van der Waals surface area (Å²) in [5.41, 5.74) is -0.316. The molecule has 3 aliphatic rings. The molecule has 0 aromatic carbocycles. The van der Waals surface area contributed by atoms with E-state index in [1.165, 1.54) is 25.7 Å². The molecule has 0 radical (unpaired) electrons. The van der Waals surface area contributed by atoms with E-state index < -0.39 is 11.4 Å². The van der Waals surface area contributed by atoms with E-state index in [0.717, 1.165) is 18.9 Å². The second-order valence-electron chi connectivity index (χ2n) is 6.61. The van der Waals surface area contributed by atoms with E-state index in [1.54, 1.807) is 0 Å². The Morgan fingerprint density at radius 2 is 1.68 bits per heavy atom. The van der Waals surface area contributed by atoms with Gasteiger partial charge in [0.1, 0.15) is 0 Å². The molecule has 106 valence electrons. The lowest BCUT2D eigenvalue weighted by Gasteiger charge is -2.37. The molecule has 3 rings (SSSR count). The second-order valence-corrected chi connectivity index (χ2v) is 6.61. The van der Waals surface area contributed by atoms with Crippen LogP contribution in [0.2, 0.25) is 0 Å². The predicted molar refractivity (Wildman–Crippen MR) is 69.7 cm³/mol. The zero-order valence-corrected chi connectivity index (χ0v) is 11.2. The van der Waals surface area contributed by atoms with Gasteiger partial charge in [-0.3, -0.25) is 4.79 Å². The normalized spacial score (nSPS) is 26.1. The Labute approximate surface area is 113 Å². The minimum Gasteiger partial charge on any atom is -0.481 e. The molecule has 0 saturated heterocycles. The number of carbonyl (C=O) groups excluding carboxylic acids is 1. The molecule has 5 nitrogen and oxygen atoms in total. The summed E-state index contributed by atoms with van der Waals surface area (Å²) >= 11 is 0. The molecule has 2 amide bonds. The van der Waals surface area contributed by atoms with E-state index >= 15 is 0 Å². The molecular formula is C14H22N2O3. The molecule has 5 heteroatoms. The van der Waals surface area contributed by atoms with Gasteiger partial charge >= 0.3 is 12.0 Å². The van der Waals surface area contributed by atoms with Gasteiger partial charge in [-0.25, -0.2) is 4.79 Å². The molecule has 3 aliphatic carbocycles. The van der Waals surface area contributed by atoms with Gasteiger partial charge in [-0.15, -0.1) is 0 Å². The maximum atomic E-state index is 11.8. The van der Waals surface area contributed by atoms with Gasteiger partial charge in [-0.05, 0) is 49.9 Å². The number of rotatable bonds is 6. The molecule has 0 aliphatic heterocycles. The number of urea groups is 1. The van der Waals surface area contributed by atoms with E-state index in [-0.39, 0.29) is 12.6 Å². The number of carboxylic acids is 1. The summed E-state index contributed by atoms with van der Waals surface area (Å²) < 4.78 is 0. The zero-order valence-electron chi connectivity index (χ0n) is 11.2. The Kier molecular flexibility index (Phi) is 2.95. The van der Waals surface area contributed by atoms with E-state index in [4.69, 9.17) is 0 Å². The predicted octanol–water partition coefficient (Wildman–Crippen LogP) is 1.73. The van der Waals surface area contributed by atoms with Crippen LogP contribution in [0.4, 0.5) is 4.79 Å². The largest absolute Gasteiger partial charge is 0.481 e. The van der Waals surface area contributed by atoms with Crippen LogP contribution in [0.25, 0.3) is 0 Å². The molecular weight excluding hydrogens is 244 g/mol. The summed E-state index contributed by atoms with van der Waals surface area (Å²) in [5.74, 6) is 0.0421. The number of hydrogen-bond donors (Lipinski definition) is 3. The molecule has 0 atom stereocenters. The van der Waals surface area contributed by atoms with Crippen molar-refractivity contribution in [3.8, 4) is 0 Å². The van der Waals surface area contributed by atoms with Crippen molar-refractivity contribution in [3.05, 3.63) is 0 Å². The molecule has 0 unspecified atom stereocenters. The average molecular weight is 266 g/mol. The number of carboxylic acid groups (broad SMARTS) is 1. The average Bonchev–Trinajstić information content (AvgIpc) is 3.15. The summed E-state index contributed by atoms with van der Waals surface area (Å²) in [6.45, 7) is 1.01. The fourth-order valence-electron chi connectivity index (χ4n) is 3.22. The summed E-state index contributed by atoms with van der Waals surface area (Å²) in [4.78, 5) is 22.9. The minimum atomic E-state index is -0.782. The Morgan fingerprint density at radius 1 is 1.05 bits per heavy atom. The van der Waals surface area contributed by atoms with Crippen LogP contribution in [-0.2, 0) is 4.79 Å². The number of hydrogen-bond acceptors (Lipinski definition) is 2. The molecule has 0 heterocycles. The number of carbonyl (C=O) groups is 2. The molecule has 19 heavy (non-hydrogen) atoms. The van der Waals surface area contributed by atoms with Crippen LogP contribution < -0.4 is 10.6 Å². The summed E-state index contributed by atoms with van der Waals surface area (Å²) in [5, 5.41) is 14.8. The van der Waals surface area contributed by atoms with Crippen molar-refractivity contribution < 1.29 is 14.7 Å². The summed E-state index contributed by atoms with van der Waals surface area (Å²) in [7, 11) is 0.